The van der Waals surface area contributed by atoms with E-state index in [1.54, 1.807) is 30.5 Å². The predicted molar refractivity (Wildman–Crippen MR) is 108 cm³/mol. The Bertz CT molecular complexity index is 1100. The third-order valence-corrected chi connectivity index (χ3v) is 6.54. The number of aromatic nitrogens is 1. The average molecular weight is 455 g/mol. The summed E-state index contributed by atoms with van der Waals surface area (Å²) >= 11 is 9.63. The molecule has 1 aromatic heterocycles. The summed E-state index contributed by atoms with van der Waals surface area (Å²) in [4.78, 5) is 4.39. The standard InChI is InChI=1S/C19H17BrClNO3S/c1-11(2)14-10-15(20)12(3)9-18(14)26(23,24)25-17-7-6-16(21)13-5-4-8-22-19(13)17/h4-11H,1-3H3. The van der Waals surface area contributed by atoms with E-state index in [2.05, 4.69) is 20.9 Å². The van der Waals surface area contributed by atoms with Crippen molar-refractivity contribution >= 4 is 48.6 Å². The lowest BCUT2D eigenvalue weighted by atomic mass is 10.0. The lowest BCUT2D eigenvalue weighted by Crippen LogP contribution is -2.14. The summed E-state index contributed by atoms with van der Waals surface area (Å²) in [5, 5.41) is 1.12. The van der Waals surface area contributed by atoms with Gasteiger partial charge < -0.3 is 4.18 Å². The van der Waals surface area contributed by atoms with Gasteiger partial charge in [0.05, 0.1) is 5.02 Å². The zero-order valence-corrected chi connectivity index (χ0v) is 17.6. The third kappa shape index (κ3) is 3.59. The minimum atomic E-state index is -4.04. The molecule has 3 rings (SSSR count). The second-order valence-corrected chi connectivity index (χ2v) is 9.05. The Morgan fingerprint density at radius 3 is 2.62 bits per heavy atom. The second kappa shape index (κ2) is 7.18. The number of nitrogens with zero attached hydrogens (tertiary/aromatic N) is 1. The van der Waals surface area contributed by atoms with E-state index in [1.165, 1.54) is 6.07 Å². The molecule has 7 heteroatoms. The summed E-state index contributed by atoms with van der Waals surface area (Å²) in [6, 6.07) is 10.1. The smallest absolute Gasteiger partial charge is 0.339 e. The molecule has 0 radical (unpaired) electrons. The monoisotopic (exact) mass is 453 g/mol. The van der Waals surface area contributed by atoms with E-state index < -0.39 is 10.1 Å². The van der Waals surface area contributed by atoms with Gasteiger partial charge in [0.1, 0.15) is 10.4 Å². The van der Waals surface area contributed by atoms with Gasteiger partial charge in [-0.2, -0.15) is 8.42 Å². The summed E-state index contributed by atoms with van der Waals surface area (Å²) in [6.45, 7) is 5.72. The van der Waals surface area contributed by atoms with E-state index in [0.717, 1.165) is 10.0 Å². The highest BCUT2D eigenvalue weighted by atomic mass is 79.9. The fraction of sp³-hybridized carbons (Fsp3) is 0.211. The Morgan fingerprint density at radius 1 is 1.19 bits per heavy atom. The van der Waals surface area contributed by atoms with Crippen LogP contribution in [0, 0.1) is 6.92 Å². The van der Waals surface area contributed by atoms with Crippen molar-refractivity contribution in [1.82, 2.24) is 4.98 Å². The summed E-state index contributed by atoms with van der Waals surface area (Å²) in [6.07, 6.45) is 1.57. The van der Waals surface area contributed by atoms with Crippen molar-refractivity contribution in [1.29, 1.82) is 0 Å². The van der Waals surface area contributed by atoms with Crippen molar-refractivity contribution in [3.63, 3.8) is 0 Å². The average Bonchev–Trinajstić information content (AvgIpc) is 2.59. The zero-order chi connectivity index (χ0) is 19.1. The van der Waals surface area contributed by atoms with E-state index in [4.69, 9.17) is 15.8 Å². The number of aryl methyl sites for hydroxylation is 1. The zero-order valence-electron chi connectivity index (χ0n) is 14.5. The molecule has 0 fully saturated rings. The predicted octanol–water partition coefficient (Wildman–Crippen LogP) is 5.85. The SMILES string of the molecule is Cc1cc(S(=O)(=O)Oc2ccc(Cl)c3cccnc23)c(C(C)C)cc1Br. The molecular formula is C19H17BrClNO3S. The van der Waals surface area contributed by atoms with Crippen LogP contribution >= 0.6 is 27.5 Å². The summed E-state index contributed by atoms with van der Waals surface area (Å²) < 4.78 is 32.4. The number of halogens is 2. The Kier molecular flexibility index (Phi) is 5.28. The summed E-state index contributed by atoms with van der Waals surface area (Å²) in [5.74, 6) is 0.167. The third-order valence-electron chi connectivity index (χ3n) is 4.06. The molecule has 26 heavy (non-hydrogen) atoms. The minimum Gasteiger partial charge on any atom is -0.377 e. The van der Waals surface area contributed by atoms with Gasteiger partial charge in [0.15, 0.2) is 5.75 Å². The Labute approximate surface area is 166 Å². The van der Waals surface area contributed by atoms with E-state index in [1.807, 2.05) is 26.8 Å². The van der Waals surface area contributed by atoms with Crippen molar-refractivity contribution in [2.24, 2.45) is 0 Å². The molecule has 0 atom stereocenters. The first kappa shape index (κ1) is 19.1. The van der Waals surface area contributed by atoms with Gasteiger partial charge in [-0.3, -0.25) is 4.98 Å². The van der Waals surface area contributed by atoms with Crippen LogP contribution in [0.2, 0.25) is 5.02 Å². The second-order valence-electron chi connectivity index (χ2n) is 6.28. The highest BCUT2D eigenvalue weighted by Crippen LogP contribution is 2.34. The molecule has 0 spiro atoms. The molecule has 0 saturated heterocycles. The minimum absolute atomic E-state index is 0.0142. The van der Waals surface area contributed by atoms with Gasteiger partial charge in [-0.15, -0.1) is 0 Å². The fourth-order valence-electron chi connectivity index (χ4n) is 2.68. The molecule has 0 bridgehead atoms. The first-order chi connectivity index (χ1) is 12.2. The van der Waals surface area contributed by atoms with Gasteiger partial charge in [0.25, 0.3) is 0 Å². The molecule has 0 N–H and O–H groups in total. The molecule has 3 aromatic rings. The van der Waals surface area contributed by atoms with Crippen LogP contribution in [0.25, 0.3) is 10.9 Å². The fourth-order valence-corrected chi connectivity index (χ4v) is 4.62. The van der Waals surface area contributed by atoms with Gasteiger partial charge in [0.2, 0.25) is 0 Å². The van der Waals surface area contributed by atoms with Crippen LogP contribution in [0.5, 0.6) is 5.75 Å². The molecular weight excluding hydrogens is 438 g/mol. The molecule has 0 unspecified atom stereocenters. The van der Waals surface area contributed by atoms with Crippen molar-refractivity contribution < 1.29 is 12.6 Å². The molecule has 0 aliphatic rings. The highest BCUT2D eigenvalue weighted by molar-refractivity contribution is 9.10. The van der Waals surface area contributed by atoms with E-state index >= 15 is 0 Å². The largest absolute Gasteiger partial charge is 0.377 e. The van der Waals surface area contributed by atoms with Crippen LogP contribution in [0.3, 0.4) is 0 Å². The Balaban J connectivity index is 2.15. The van der Waals surface area contributed by atoms with Crippen LogP contribution in [0.4, 0.5) is 0 Å². The molecule has 2 aromatic carbocycles. The van der Waals surface area contributed by atoms with Crippen molar-refractivity contribution in [3.8, 4) is 5.75 Å². The van der Waals surface area contributed by atoms with Crippen LogP contribution in [-0.2, 0) is 10.1 Å². The normalized spacial score (nSPS) is 11.9. The quantitative estimate of drug-likeness (QED) is 0.464. The van der Waals surface area contributed by atoms with Crippen molar-refractivity contribution in [2.75, 3.05) is 0 Å². The first-order valence-corrected chi connectivity index (χ1v) is 10.6. The maximum atomic E-state index is 13.0. The van der Waals surface area contributed by atoms with Gasteiger partial charge in [-0.25, -0.2) is 0 Å². The maximum Gasteiger partial charge on any atom is 0.339 e. The van der Waals surface area contributed by atoms with Gasteiger partial charge in [0, 0.05) is 16.1 Å². The van der Waals surface area contributed by atoms with Crippen molar-refractivity contribution in [2.45, 2.75) is 31.6 Å². The number of hydrogen-bond acceptors (Lipinski definition) is 4. The Hall–Kier alpha value is -1.63. The van der Waals surface area contributed by atoms with E-state index in [0.29, 0.717) is 21.5 Å². The highest BCUT2D eigenvalue weighted by Gasteiger charge is 2.25. The molecule has 0 saturated carbocycles. The Morgan fingerprint density at radius 2 is 1.92 bits per heavy atom. The number of rotatable bonds is 4. The lowest BCUT2D eigenvalue weighted by molar-refractivity contribution is 0.486. The summed E-state index contributed by atoms with van der Waals surface area (Å²) in [5.41, 5.74) is 1.91. The molecule has 1 heterocycles. The molecule has 4 nitrogen and oxygen atoms in total. The van der Waals surface area contributed by atoms with Crippen molar-refractivity contribution in [3.05, 3.63) is 63.2 Å². The van der Waals surface area contributed by atoms with Gasteiger partial charge >= 0.3 is 10.1 Å². The molecule has 0 aliphatic heterocycles. The molecule has 136 valence electrons. The number of hydrogen-bond donors (Lipinski definition) is 0. The number of fused-ring (bicyclic) bond motifs is 1. The van der Waals surface area contributed by atoms with Crippen LogP contribution in [-0.4, -0.2) is 13.4 Å². The van der Waals surface area contributed by atoms with E-state index in [-0.39, 0.29) is 16.6 Å². The van der Waals surface area contributed by atoms with Gasteiger partial charge in [-0.05, 0) is 60.4 Å². The lowest BCUT2D eigenvalue weighted by Gasteiger charge is -2.16. The van der Waals surface area contributed by atoms with E-state index in [9.17, 15) is 8.42 Å². The maximum absolute atomic E-state index is 13.0. The van der Waals surface area contributed by atoms with Crippen LogP contribution in [0.15, 0.2) is 52.0 Å². The molecule has 0 aliphatic carbocycles. The van der Waals surface area contributed by atoms with Gasteiger partial charge in [-0.1, -0.05) is 41.4 Å². The number of pyridine rings is 1. The first-order valence-electron chi connectivity index (χ1n) is 7.98. The number of benzene rings is 2. The topological polar surface area (TPSA) is 56.3 Å². The summed E-state index contributed by atoms with van der Waals surface area (Å²) in [7, 11) is -4.04. The van der Waals surface area contributed by atoms with Crippen LogP contribution in [0.1, 0.15) is 30.9 Å². The molecule has 0 amide bonds. The van der Waals surface area contributed by atoms with Crippen LogP contribution < -0.4 is 4.18 Å².